The molecular weight excluding hydrogens is 260 g/mol. The van der Waals surface area contributed by atoms with E-state index in [1.165, 1.54) is 12.2 Å². The Balaban J connectivity index is 1.64. The van der Waals surface area contributed by atoms with E-state index in [2.05, 4.69) is 17.6 Å². The van der Waals surface area contributed by atoms with Crippen LogP contribution in [0, 0.1) is 0 Å². The van der Waals surface area contributed by atoms with Gasteiger partial charge >= 0.3 is 0 Å². The van der Waals surface area contributed by atoms with Crippen LogP contribution < -0.4 is 10.6 Å². The van der Waals surface area contributed by atoms with Crippen molar-refractivity contribution < 1.29 is 9.53 Å². The zero-order chi connectivity index (χ0) is 13.6. The molecule has 5 heteroatoms. The van der Waals surface area contributed by atoms with Gasteiger partial charge in [-0.1, -0.05) is 6.92 Å². The highest BCUT2D eigenvalue weighted by Crippen LogP contribution is 2.38. The van der Waals surface area contributed by atoms with Gasteiger partial charge in [0.05, 0.1) is 5.60 Å². The van der Waals surface area contributed by atoms with Crippen LogP contribution in [-0.4, -0.2) is 48.8 Å². The number of hydrogen-bond donors (Lipinski definition) is 2. The zero-order valence-electron chi connectivity index (χ0n) is 11.9. The van der Waals surface area contributed by atoms with Crippen LogP contribution in [0.4, 0.5) is 0 Å². The fraction of sp³-hybridized carbons (Fsp3) is 0.929. The number of ether oxygens (including phenoxy) is 1. The van der Waals surface area contributed by atoms with Gasteiger partial charge in [-0.2, -0.15) is 11.8 Å². The van der Waals surface area contributed by atoms with Crippen molar-refractivity contribution in [2.75, 3.05) is 31.2 Å². The van der Waals surface area contributed by atoms with E-state index in [1.807, 2.05) is 11.8 Å². The molecule has 0 radical (unpaired) electrons. The first-order chi connectivity index (χ1) is 9.24. The zero-order valence-corrected chi connectivity index (χ0v) is 12.7. The Hall–Kier alpha value is -0.260. The highest BCUT2D eigenvalue weighted by atomic mass is 32.2. The van der Waals surface area contributed by atoms with Crippen LogP contribution in [0.5, 0.6) is 0 Å². The molecule has 110 valence electrons. The summed E-state index contributed by atoms with van der Waals surface area (Å²) in [6, 6.07) is 0.520. The van der Waals surface area contributed by atoms with E-state index < -0.39 is 0 Å². The minimum atomic E-state index is 0.130. The van der Waals surface area contributed by atoms with Crippen molar-refractivity contribution in [3.05, 3.63) is 0 Å². The van der Waals surface area contributed by atoms with Crippen molar-refractivity contribution in [2.45, 2.75) is 50.7 Å². The minimum Gasteiger partial charge on any atom is -0.374 e. The molecule has 0 aliphatic carbocycles. The summed E-state index contributed by atoms with van der Waals surface area (Å²) in [5, 5.41) is 6.44. The summed E-state index contributed by atoms with van der Waals surface area (Å²) in [7, 11) is 0. The Labute approximate surface area is 120 Å². The summed E-state index contributed by atoms with van der Waals surface area (Å²) in [6.07, 6.45) is 4.95. The molecule has 0 aromatic heterocycles. The lowest BCUT2D eigenvalue weighted by molar-refractivity contribution is -0.121. The van der Waals surface area contributed by atoms with Crippen LogP contribution in [-0.2, 0) is 9.53 Å². The highest BCUT2D eigenvalue weighted by Gasteiger charge is 2.40. The second-order valence-corrected chi connectivity index (χ2v) is 6.68. The van der Waals surface area contributed by atoms with Crippen molar-refractivity contribution in [3.8, 4) is 0 Å². The average Bonchev–Trinajstić information content (AvgIpc) is 2.84. The molecule has 0 bridgehead atoms. The van der Waals surface area contributed by atoms with Gasteiger partial charge in [-0.3, -0.25) is 4.79 Å². The molecule has 2 heterocycles. The average molecular weight is 286 g/mol. The Bertz CT molecular complexity index is 293. The van der Waals surface area contributed by atoms with Gasteiger partial charge < -0.3 is 15.4 Å². The molecule has 2 N–H and O–H groups in total. The topological polar surface area (TPSA) is 50.4 Å². The highest BCUT2D eigenvalue weighted by molar-refractivity contribution is 7.99. The van der Waals surface area contributed by atoms with Crippen LogP contribution in [0.1, 0.15) is 39.0 Å². The number of carbonyl (C=O) groups is 1. The van der Waals surface area contributed by atoms with E-state index >= 15 is 0 Å². The predicted octanol–water partition coefficient (Wildman–Crippen LogP) is 1.55. The molecule has 2 fully saturated rings. The van der Waals surface area contributed by atoms with Gasteiger partial charge in [-0.05, 0) is 31.4 Å². The number of hydrogen-bond acceptors (Lipinski definition) is 4. The summed E-state index contributed by atoms with van der Waals surface area (Å²) < 4.78 is 6.00. The Morgan fingerprint density at radius 3 is 3.11 bits per heavy atom. The molecule has 4 nitrogen and oxygen atoms in total. The lowest BCUT2D eigenvalue weighted by Crippen LogP contribution is -2.47. The second kappa shape index (κ2) is 7.50. The molecule has 2 rings (SSSR count). The first kappa shape index (κ1) is 15.1. The molecule has 2 saturated heterocycles. The molecule has 0 aromatic rings. The summed E-state index contributed by atoms with van der Waals surface area (Å²) in [6.45, 7) is 4.50. The first-order valence-corrected chi connectivity index (χ1v) is 8.61. The van der Waals surface area contributed by atoms with E-state index in [9.17, 15) is 4.79 Å². The SMILES string of the molecule is CCCNC(=O)CCNC1CCOC2(CCSC2)C1. The van der Waals surface area contributed by atoms with Gasteiger partial charge in [-0.25, -0.2) is 0 Å². The molecule has 0 saturated carbocycles. The molecule has 0 aromatic carbocycles. The molecule has 1 spiro atoms. The third kappa shape index (κ3) is 4.65. The van der Waals surface area contributed by atoms with Crippen LogP contribution in [0.15, 0.2) is 0 Å². The van der Waals surface area contributed by atoms with E-state index in [-0.39, 0.29) is 11.5 Å². The maximum Gasteiger partial charge on any atom is 0.221 e. The quantitative estimate of drug-likeness (QED) is 0.778. The van der Waals surface area contributed by atoms with Gasteiger partial charge in [0.1, 0.15) is 0 Å². The van der Waals surface area contributed by atoms with Crippen LogP contribution >= 0.6 is 11.8 Å². The number of nitrogens with one attached hydrogen (secondary N) is 2. The minimum absolute atomic E-state index is 0.130. The summed E-state index contributed by atoms with van der Waals surface area (Å²) in [5.41, 5.74) is 0.130. The molecular formula is C14H26N2O2S. The second-order valence-electron chi connectivity index (χ2n) is 5.58. The fourth-order valence-electron chi connectivity index (χ4n) is 2.81. The van der Waals surface area contributed by atoms with Crippen LogP contribution in [0.25, 0.3) is 0 Å². The fourth-order valence-corrected chi connectivity index (χ4v) is 4.19. The van der Waals surface area contributed by atoms with Crippen LogP contribution in [0.3, 0.4) is 0 Å². The Kier molecular flexibility index (Phi) is 5.98. The normalized spacial score (nSPS) is 30.7. The third-order valence-corrected chi connectivity index (χ3v) is 5.14. The van der Waals surface area contributed by atoms with E-state index in [0.717, 1.165) is 44.7 Å². The molecule has 2 atom stereocenters. The third-order valence-electron chi connectivity index (χ3n) is 3.92. The Morgan fingerprint density at radius 1 is 1.47 bits per heavy atom. The smallest absolute Gasteiger partial charge is 0.221 e. The summed E-state index contributed by atoms with van der Waals surface area (Å²) in [4.78, 5) is 11.5. The van der Waals surface area contributed by atoms with E-state index in [4.69, 9.17) is 4.74 Å². The number of carbonyl (C=O) groups excluding carboxylic acids is 1. The van der Waals surface area contributed by atoms with Crippen LogP contribution in [0.2, 0.25) is 0 Å². The monoisotopic (exact) mass is 286 g/mol. The molecule has 1 amide bonds. The summed E-state index contributed by atoms with van der Waals surface area (Å²) in [5.74, 6) is 2.53. The predicted molar refractivity (Wildman–Crippen MR) is 79.6 cm³/mol. The lowest BCUT2D eigenvalue weighted by atomic mass is 9.90. The number of thioether (sulfide) groups is 1. The van der Waals surface area contributed by atoms with E-state index in [0.29, 0.717) is 12.5 Å². The summed E-state index contributed by atoms with van der Waals surface area (Å²) >= 11 is 2.00. The Morgan fingerprint density at radius 2 is 2.37 bits per heavy atom. The van der Waals surface area contributed by atoms with Crippen molar-refractivity contribution in [1.29, 1.82) is 0 Å². The molecule has 2 aliphatic heterocycles. The standard InChI is InChI=1S/C14H26N2O2S/c1-2-6-16-13(17)3-7-15-12-4-8-18-14(10-12)5-9-19-11-14/h12,15H,2-11H2,1H3,(H,16,17). The van der Waals surface area contributed by atoms with Crippen molar-refractivity contribution >= 4 is 17.7 Å². The van der Waals surface area contributed by atoms with Gasteiger partial charge in [0.2, 0.25) is 5.91 Å². The number of rotatable bonds is 6. The molecule has 19 heavy (non-hydrogen) atoms. The van der Waals surface area contributed by atoms with Gasteiger partial charge in [-0.15, -0.1) is 0 Å². The van der Waals surface area contributed by atoms with Crippen molar-refractivity contribution in [2.24, 2.45) is 0 Å². The van der Waals surface area contributed by atoms with Gasteiger partial charge in [0.15, 0.2) is 0 Å². The van der Waals surface area contributed by atoms with Crippen molar-refractivity contribution in [3.63, 3.8) is 0 Å². The maximum atomic E-state index is 11.5. The molecule has 2 aliphatic rings. The maximum absolute atomic E-state index is 11.5. The first-order valence-electron chi connectivity index (χ1n) is 7.46. The number of amides is 1. The van der Waals surface area contributed by atoms with Crippen molar-refractivity contribution in [1.82, 2.24) is 10.6 Å². The van der Waals surface area contributed by atoms with E-state index in [1.54, 1.807) is 0 Å². The largest absolute Gasteiger partial charge is 0.374 e. The molecule has 2 unspecified atom stereocenters. The van der Waals surface area contributed by atoms with Gasteiger partial charge in [0.25, 0.3) is 0 Å². The van der Waals surface area contributed by atoms with Gasteiger partial charge in [0, 0.05) is 37.9 Å². The lowest BCUT2D eigenvalue weighted by Gasteiger charge is -2.38.